The van der Waals surface area contributed by atoms with E-state index >= 15 is 0 Å². The molecule has 0 spiro atoms. The molecule has 0 saturated carbocycles. The maximum absolute atomic E-state index is 12.9. The molecule has 1 aromatic rings. The van der Waals surface area contributed by atoms with E-state index in [1.54, 1.807) is 4.90 Å². The quantitative estimate of drug-likeness (QED) is 0.884. The number of amides is 1. The molecule has 2 rings (SSSR count). The maximum Gasteiger partial charge on any atom is 0.242 e. The van der Waals surface area contributed by atoms with Gasteiger partial charge >= 0.3 is 0 Å². The first-order chi connectivity index (χ1) is 8.65. The molecule has 1 aliphatic rings. The molecule has 1 amide bonds. The number of nitrogens with zero attached hydrogens (tertiary/aromatic N) is 1. The summed E-state index contributed by atoms with van der Waals surface area (Å²) in [5.41, 5.74) is 0.258. The summed E-state index contributed by atoms with van der Waals surface area (Å²) in [6.07, 6.45) is 0. The molecule has 0 bridgehead atoms. The van der Waals surface area contributed by atoms with Crippen molar-refractivity contribution in [1.82, 2.24) is 4.90 Å². The SMILES string of the molecule is O=C(CNc1cc(F)cc(F)c1)N1CCOCC1. The molecule has 4 nitrogen and oxygen atoms in total. The van der Waals surface area contributed by atoms with Crippen molar-refractivity contribution in [3.63, 3.8) is 0 Å². The van der Waals surface area contributed by atoms with Crippen LogP contribution in [0, 0.1) is 11.6 Å². The molecule has 98 valence electrons. The molecule has 0 atom stereocenters. The second-order valence-electron chi connectivity index (χ2n) is 4.00. The van der Waals surface area contributed by atoms with Gasteiger partial charge in [0.1, 0.15) is 11.6 Å². The highest BCUT2D eigenvalue weighted by Crippen LogP contribution is 2.12. The summed E-state index contributed by atoms with van der Waals surface area (Å²) >= 11 is 0. The second kappa shape index (κ2) is 5.77. The average molecular weight is 256 g/mol. The van der Waals surface area contributed by atoms with Gasteiger partial charge in [-0.25, -0.2) is 8.78 Å². The number of carbonyl (C=O) groups is 1. The van der Waals surface area contributed by atoms with Crippen LogP contribution in [0.5, 0.6) is 0 Å². The van der Waals surface area contributed by atoms with E-state index in [4.69, 9.17) is 4.74 Å². The van der Waals surface area contributed by atoms with E-state index in [1.807, 2.05) is 0 Å². The highest BCUT2D eigenvalue weighted by Gasteiger charge is 2.16. The fourth-order valence-corrected chi connectivity index (χ4v) is 1.76. The highest BCUT2D eigenvalue weighted by atomic mass is 19.1. The van der Waals surface area contributed by atoms with Crippen LogP contribution in [0.15, 0.2) is 18.2 Å². The van der Waals surface area contributed by atoms with Crippen LogP contribution in [0.1, 0.15) is 0 Å². The molecule has 0 unspecified atom stereocenters. The van der Waals surface area contributed by atoms with Crippen LogP contribution in [0.2, 0.25) is 0 Å². The van der Waals surface area contributed by atoms with Crippen LogP contribution in [0.3, 0.4) is 0 Å². The summed E-state index contributed by atoms with van der Waals surface area (Å²) in [7, 11) is 0. The Labute approximate surface area is 104 Å². The fourth-order valence-electron chi connectivity index (χ4n) is 1.76. The number of benzene rings is 1. The van der Waals surface area contributed by atoms with Gasteiger partial charge < -0.3 is 15.0 Å². The van der Waals surface area contributed by atoms with E-state index in [0.717, 1.165) is 18.2 Å². The van der Waals surface area contributed by atoms with Crippen LogP contribution >= 0.6 is 0 Å². The molecule has 1 aromatic carbocycles. The average Bonchev–Trinajstić information content (AvgIpc) is 2.36. The Bertz CT molecular complexity index is 414. The molecule has 18 heavy (non-hydrogen) atoms. The van der Waals surface area contributed by atoms with E-state index in [9.17, 15) is 13.6 Å². The van der Waals surface area contributed by atoms with Gasteiger partial charge in [-0.1, -0.05) is 0 Å². The normalized spacial score (nSPS) is 15.6. The van der Waals surface area contributed by atoms with Crippen LogP contribution < -0.4 is 5.32 Å². The van der Waals surface area contributed by atoms with Gasteiger partial charge in [-0.15, -0.1) is 0 Å². The Hall–Kier alpha value is -1.69. The molecular formula is C12H14F2N2O2. The van der Waals surface area contributed by atoms with Gasteiger partial charge in [0, 0.05) is 24.8 Å². The smallest absolute Gasteiger partial charge is 0.242 e. The number of nitrogens with one attached hydrogen (secondary N) is 1. The number of morpholine rings is 1. The fraction of sp³-hybridized carbons (Fsp3) is 0.417. The lowest BCUT2D eigenvalue weighted by atomic mass is 10.3. The zero-order valence-electron chi connectivity index (χ0n) is 9.79. The minimum atomic E-state index is -0.670. The summed E-state index contributed by atoms with van der Waals surface area (Å²) in [5.74, 6) is -1.45. The van der Waals surface area contributed by atoms with E-state index in [2.05, 4.69) is 5.32 Å². The van der Waals surface area contributed by atoms with E-state index in [1.165, 1.54) is 0 Å². The number of hydrogen-bond acceptors (Lipinski definition) is 3. The van der Waals surface area contributed by atoms with Gasteiger partial charge in [0.25, 0.3) is 0 Å². The summed E-state index contributed by atoms with van der Waals surface area (Å²) in [4.78, 5) is 13.4. The Morgan fingerprint density at radius 3 is 2.44 bits per heavy atom. The maximum atomic E-state index is 12.9. The van der Waals surface area contributed by atoms with Crippen molar-refractivity contribution < 1.29 is 18.3 Å². The van der Waals surface area contributed by atoms with Crippen LogP contribution in [-0.4, -0.2) is 43.7 Å². The third kappa shape index (κ3) is 3.40. The monoisotopic (exact) mass is 256 g/mol. The van der Waals surface area contributed by atoms with Crippen molar-refractivity contribution in [2.24, 2.45) is 0 Å². The van der Waals surface area contributed by atoms with Crippen molar-refractivity contribution in [2.45, 2.75) is 0 Å². The Kier molecular flexibility index (Phi) is 4.09. The lowest BCUT2D eigenvalue weighted by Gasteiger charge is -2.27. The number of anilines is 1. The Morgan fingerprint density at radius 2 is 1.83 bits per heavy atom. The first-order valence-corrected chi connectivity index (χ1v) is 5.70. The predicted octanol–water partition coefficient (Wildman–Crippen LogP) is 1.24. The molecule has 1 heterocycles. The largest absolute Gasteiger partial charge is 0.378 e. The summed E-state index contributed by atoms with van der Waals surface area (Å²) < 4.78 is 31.0. The molecular weight excluding hydrogens is 242 g/mol. The van der Waals surface area contributed by atoms with Crippen LogP contribution in [-0.2, 0) is 9.53 Å². The summed E-state index contributed by atoms with van der Waals surface area (Å²) in [5, 5.41) is 2.71. The van der Waals surface area contributed by atoms with Crippen molar-refractivity contribution in [2.75, 3.05) is 38.2 Å². The third-order valence-electron chi connectivity index (χ3n) is 2.67. The van der Waals surface area contributed by atoms with E-state index in [0.29, 0.717) is 26.3 Å². The Morgan fingerprint density at radius 1 is 1.22 bits per heavy atom. The number of hydrogen-bond donors (Lipinski definition) is 1. The molecule has 1 fully saturated rings. The molecule has 0 aliphatic carbocycles. The number of ether oxygens (including phenoxy) is 1. The van der Waals surface area contributed by atoms with Gasteiger partial charge in [0.15, 0.2) is 0 Å². The van der Waals surface area contributed by atoms with E-state index in [-0.39, 0.29) is 18.1 Å². The van der Waals surface area contributed by atoms with Crippen molar-refractivity contribution >= 4 is 11.6 Å². The summed E-state index contributed by atoms with van der Waals surface area (Å²) in [6, 6.07) is 3.08. The van der Waals surface area contributed by atoms with Gasteiger partial charge in [0.2, 0.25) is 5.91 Å². The molecule has 1 N–H and O–H groups in total. The van der Waals surface area contributed by atoms with Crippen LogP contribution in [0.25, 0.3) is 0 Å². The van der Waals surface area contributed by atoms with Gasteiger partial charge in [-0.3, -0.25) is 4.79 Å². The molecule has 1 saturated heterocycles. The Balaban J connectivity index is 1.88. The first kappa shape index (κ1) is 12.8. The lowest BCUT2D eigenvalue weighted by Crippen LogP contribution is -2.43. The summed E-state index contributed by atoms with van der Waals surface area (Å²) in [6.45, 7) is 2.18. The standard InChI is InChI=1S/C12H14F2N2O2/c13-9-5-10(14)7-11(6-9)15-8-12(17)16-1-3-18-4-2-16/h5-7,15H,1-4,8H2. The van der Waals surface area contributed by atoms with Gasteiger partial charge in [0.05, 0.1) is 19.8 Å². The number of halogens is 2. The van der Waals surface area contributed by atoms with Crippen molar-refractivity contribution in [3.8, 4) is 0 Å². The highest BCUT2D eigenvalue weighted by molar-refractivity contribution is 5.80. The van der Waals surface area contributed by atoms with Crippen molar-refractivity contribution in [3.05, 3.63) is 29.8 Å². The van der Waals surface area contributed by atoms with Crippen LogP contribution in [0.4, 0.5) is 14.5 Å². The molecule has 0 radical (unpaired) electrons. The first-order valence-electron chi connectivity index (χ1n) is 5.70. The second-order valence-corrected chi connectivity index (χ2v) is 4.00. The predicted molar refractivity (Wildman–Crippen MR) is 62.2 cm³/mol. The van der Waals surface area contributed by atoms with E-state index < -0.39 is 11.6 Å². The van der Waals surface area contributed by atoms with Gasteiger partial charge in [-0.2, -0.15) is 0 Å². The number of rotatable bonds is 3. The molecule has 1 aliphatic heterocycles. The zero-order valence-corrected chi connectivity index (χ0v) is 9.79. The minimum Gasteiger partial charge on any atom is -0.378 e. The molecule has 6 heteroatoms. The number of carbonyl (C=O) groups excluding carboxylic acids is 1. The van der Waals surface area contributed by atoms with Gasteiger partial charge in [-0.05, 0) is 12.1 Å². The third-order valence-corrected chi connectivity index (χ3v) is 2.67. The zero-order chi connectivity index (χ0) is 13.0. The molecule has 0 aromatic heterocycles. The lowest BCUT2D eigenvalue weighted by molar-refractivity contribution is -0.133. The topological polar surface area (TPSA) is 41.6 Å². The van der Waals surface area contributed by atoms with Crippen molar-refractivity contribution in [1.29, 1.82) is 0 Å². The minimum absolute atomic E-state index is 0.0168.